The van der Waals surface area contributed by atoms with Crippen LogP contribution in [0.1, 0.15) is 77.6 Å². The number of benzene rings is 6. The van der Waals surface area contributed by atoms with E-state index in [1.54, 1.807) is 5.19 Å². The number of rotatable bonds is 0. The number of aromatic nitrogens is 1. The minimum absolute atomic E-state index is 0.0160. The Hall–Kier alpha value is -4.80. The van der Waals surface area contributed by atoms with Gasteiger partial charge in [-0.3, -0.25) is 0 Å². The van der Waals surface area contributed by atoms with Crippen LogP contribution in [0.5, 0.6) is 0 Å². The molecule has 6 aromatic carbocycles. The van der Waals surface area contributed by atoms with Gasteiger partial charge in [-0.05, 0) is 101 Å². The third kappa shape index (κ3) is 3.76. The van der Waals surface area contributed by atoms with Gasteiger partial charge >= 0.3 is 6.85 Å². The third-order valence-electron chi connectivity index (χ3n) is 13.6. The zero-order chi connectivity index (χ0) is 36.7. The van der Waals surface area contributed by atoms with Gasteiger partial charge in [-0.25, -0.2) is 0 Å². The Morgan fingerprint density at radius 1 is 0.623 bits per heavy atom. The molecule has 2 nitrogen and oxygen atoms in total. The van der Waals surface area contributed by atoms with Crippen LogP contribution in [-0.4, -0.2) is 19.5 Å². The standard InChI is InChI=1S/C49H47BN2Si/c1-47(2,3)28-22-23-37-32(24-28)34-25-29(48(4,5)6)26-36-45(34)51(37)39-27-33-30-16-11-12-18-35(30)49(7,8)43(33)42-31-17-15-21-41-46(31)52(50(36)44(39)42)38-19-13-14-20-40(38)53(41,9)10/h11-27H,1-10H3. The van der Waals surface area contributed by atoms with Crippen molar-refractivity contribution in [3.63, 3.8) is 0 Å². The van der Waals surface area contributed by atoms with Gasteiger partial charge in [0.1, 0.15) is 8.07 Å². The van der Waals surface area contributed by atoms with Crippen LogP contribution in [0, 0.1) is 0 Å². The lowest BCUT2D eigenvalue weighted by Gasteiger charge is -2.50. The molecular weight excluding hydrogens is 655 g/mol. The van der Waals surface area contributed by atoms with Gasteiger partial charge in [-0.1, -0.05) is 141 Å². The summed E-state index contributed by atoms with van der Waals surface area (Å²) in [6.45, 7) is 24.3. The molecule has 0 bridgehead atoms. The average molecular weight is 703 g/mol. The molecule has 3 aliphatic heterocycles. The first-order valence-electron chi connectivity index (χ1n) is 19.6. The number of hydrogen-bond donors (Lipinski definition) is 0. The quantitative estimate of drug-likeness (QED) is 0.143. The van der Waals surface area contributed by atoms with Crippen molar-refractivity contribution < 1.29 is 0 Å². The van der Waals surface area contributed by atoms with Crippen molar-refractivity contribution in [1.82, 2.24) is 4.57 Å². The predicted molar refractivity (Wildman–Crippen MR) is 232 cm³/mol. The molecule has 53 heavy (non-hydrogen) atoms. The van der Waals surface area contributed by atoms with Gasteiger partial charge in [0.2, 0.25) is 0 Å². The number of anilines is 2. The maximum Gasteiger partial charge on any atom is 0.333 e. The molecule has 0 unspecified atom stereocenters. The lowest BCUT2D eigenvalue weighted by Crippen LogP contribution is -2.68. The Labute approximate surface area is 315 Å². The smallest absolute Gasteiger partial charge is 0.333 e. The Bertz CT molecular complexity index is 2820. The van der Waals surface area contributed by atoms with E-state index >= 15 is 0 Å². The van der Waals surface area contributed by atoms with Crippen molar-refractivity contribution in [2.45, 2.75) is 84.7 Å². The molecule has 1 aliphatic carbocycles. The summed E-state index contributed by atoms with van der Waals surface area (Å²) in [5, 5.41) is 5.82. The van der Waals surface area contributed by atoms with Crippen molar-refractivity contribution in [3.05, 3.63) is 125 Å². The van der Waals surface area contributed by atoms with Gasteiger partial charge in [0.25, 0.3) is 0 Å². The molecule has 1 aromatic heterocycles. The van der Waals surface area contributed by atoms with Crippen molar-refractivity contribution in [1.29, 1.82) is 0 Å². The summed E-state index contributed by atoms with van der Waals surface area (Å²) in [5.74, 6) is 0. The fourth-order valence-electron chi connectivity index (χ4n) is 10.9. The number of para-hydroxylation sites is 2. The zero-order valence-corrected chi connectivity index (χ0v) is 33.8. The van der Waals surface area contributed by atoms with E-state index in [2.05, 4.69) is 181 Å². The van der Waals surface area contributed by atoms with Gasteiger partial charge in [0.05, 0.1) is 11.0 Å². The summed E-state index contributed by atoms with van der Waals surface area (Å²) in [6, 6.07) is 40.9. The Morgan fingerprint density at radius 2 is 1.30 bits per heavy atom. The molecule has 0 saturated carbocycles. The maximum atomic E-state index is 2.80. The molecule has 4 heteroatoms. The van der Waals surface area contributed by atoms with Crippen LogP contribution in [0.3, 0.4) is 0 Å². The van der Waals surface area contributed by atoms with Crippen LogP contribution in [0.2, 0.25) is 13.1 Å². The normalized spacial score (nSPS) is 16.7. The molecule has 0 amide bonds. The van der Waals surface area contributed by atoms with Crippen molar-refractivity contribution in [2.24, 2.45) is 0 Å². The predicted octanol–water partition coefficient (Wildman–Crippen LogP) is 10.1. The van der Waals surface area contributed by atoms with E-state index in [-0.39, 0.29) is 23.1 Å². The minimum Gasteiger partial charge on any atom is -0.377 e. The van der Waals surface area contributed by atoms with Gasteiger partial charge in [0.15, 0.2) is 0 Å². The van der Waals surface area contributed by atoms with Crippen LogP contribution in [0.25, 0.3) is 49.7 Å². The van der Waals surface area contributed by atoms with E-state index in [4.69, 9.17) is 0 Å². The zero-order valence-electron chi connectivity index (χ0n) is 32.8. The molecular formula is C49H47BN2Si. The molecule has 0 radical (unpaired) electrons. The van der Waals surface area contributed by atoms with Crippen molar-refractivity contribution >= 4 is 69.4 Å². The highest BCUT2D eigenvalue weighted by Crippen LogP contribution is 2.56. The largest absolute Gasteiger partial charge is 0.377 e. The second-order valence-corrected chi connectivity index (χ2v) is 23.8. The molecule has 0 saturated heterocycles. The van der Waals surface area contributed by atoms with Gasteiger partial charge < -0.3 is 9.38 Å². The molecule has 260 valence electrons. The van der Waals surface area contributed by atoms with Crippen LogP contribution < -0.4 is 26.1 Å². The summed E-state index contributed by atoms with van der Waals surface area (Å²) < 4.78 is 2.67. The highest BCUT2D eigenvalue weighted by Gasteiger charge is 2.52. The second-order valence-electron chi connectivity index (χ2n) is 19.4. The highest BCUT2D eigenvalue weighted by molar-refractivity contribution is 7.05. The molecule has 4 heterocycles. The van der Waals surface area contributed by atoms with E-state index < -0.39 is 8.07 Å². The topological polar surface area (TPSA) is 8.17 Å². The molecule has 7 aromatic rings. The molecule has 11 rings (SSSR count). The van der Waals surface area contributed by atoms with E-state index in [0.29, 0.717) is 0 Å². The fraction of sp³-hybridized carbons (Fsp3) is 0.265. The van der Waals surface area contributed by atoms with E-state index in [1.165, 1.54) is 99.5 Å². The summed E-state index contributed by atoms with van der Waals surface area (Å²) in [5.41, 5.74) is 21.0. The molecule has 0 spiro atoms. The first-order valence-corrected chi connectivity index (χ1v) is 22.6. The van der Waals surface area contributed by atoms with Crippen LogP contribution in [0.15, 0.2) is 103 Å². The fourth-order valence-corrected chi connectivity index (χ4v) is 13.9. The van der Waals surface area contributed by atoms with E-state index in [9.17, 15) is 0 Å². The molecule has 0 fully saturated rings. The summed E-state index contributed by atoms with van der Waals surface area (Å²) >= 11 is 0. The minimum atomic E-state index is -2.04. The lowest BCUT2D eigenvalue weighted by molar-refractivity contribution is 0.590. The molecule has 4 aliphatic rings. The Morgan fingerprint density at radius 3 is 2.08 bits per heavy atom. The van der Waals surface area contributed by atoms with Gasteiger partial charge in [-0.2, -0.15) is 0 Å². The number of nitrogens with zero attached hydrogens (tertiary/aromatic N) is 2. The third-order valence-corrected chi connectivity index (χ3v) is 17.1. The maximum absolute atomic E-state index is 2.80. The van der Waals surface area contributed by atoms with Crippen LogP contribution >= 0.6 is 0 Å². The van der Waals surface area contributed by atoms with Crippen LogP contribution in [0.4, 0.5) is 11.4 Å². The summed E-state index contributed by atoms with van der Waals surface area (Å²) in [7, 11) is -2.04. The monoisotopic (exact) mass is 702 g/mol. The molecule has 0 N–H and O–H groups in total. The first kappa shape index (κ1) is 31.7. The first-order chi connectivity index (χ1) is 25.1. The average Bonchev–Trinajstić information content (AvgIpc) is 3.57. The Kier molecular flexibility index (Phi) is 5.77. The molecule has 0 atom stereocenters. The number of fused-ring (bicyclic) bond motifs is 13. The van der Waals surface area contributed by atoms with E-state index in [0.717, 1.165) is 0 Å². The Balaban J connectivity index is 1.40. The number of hydrogen-bond acceptors (Lipinski definition) is 1. The van der Waals surface area contributed by atoms with Crippen molar-refractivity contribution in [2.75, 3.05) is 4.81 Å². The lowest BCUT2D eigenvalue weighted by atomic mass is 9.43. The van der Waals surface area contributed by atoms with Crippen molar-refractivity contribution in [3.8, 4) is 27.9 Å². The van der Waals surface area contributed by atoms with Crippen LogP contribution in [-0.2, 0) is 16.2 Å². The summed E-state index contributed by atoms with van der Waals surface area (Å²) in [4.78, 5) is 2.80. The van der Waals surface area contributed by atoms with E-state index in [1.807, 2.05) is 0 Å². The second kappa shape index (κ2) is 9.65. The van der Waals surface area contributed by atoms with Gasteiger partial charge in [0, 0.05) is 38.8 Å². The highest BCUT2D eigenvalue weighted by atomic mass is 28.3. The van der Waals surface area contributed by atoms with Gasteiger partial charge in [-0.15, -0.1) is 0 Å². The SMILES string of the molecule is CC(C)(C)c1ccc2c(c1)c1cc(C(C)(C)C)cc3c1n2-c1cc2c(c4c1B3N1c3ccccc3[Si](C)(C)c3cccc-4c31)C(C)(C)c1ccccc1-2. The summed E-state index contributed by atoms with van der Waals surface area (Å²) in [6.07, 6.45) is 0.